The van der Waals surface area contributed by atoms with Crippen molar-refractivity contribution >= 4 is 23.4 Å². The lowest BCUT2D eigenvalue weighted by Gasteiger charge is -2.47. The number of hydrogen-bond donors (Lipinski definition) is 1. The Kier molecular flexibility index (Phi) is 6.32. The molecule has 5 rings (SSSR count). The Labute approximate surface area is 202 Å². The molecule has 1 N–H and O–H groups in total. The Balaban J connectivity index is 1.35. The molecule has 1 amide bonds. The highest BCUT2D eigenvalue weighted by atomic mass is 32.2. The van der Waals surface area contributed by atoms with Gasteiger partial charge in [-0.15, -0.1) is 11.8 Å². The van der Waals surface area contributed by atoms with Crippen LogP contribution < -0.4 is 4.90 Å². The van der Waals surface area contributed by atoms with Gasteiger partial charge in [-0.25, -0.2) is 4.39 Å². The van der Waals surface area contributed by atoms with E-state index in [1.165, 1.54) is 12.1 Å². The van der Waals surface area contributed by atoms with Gasteiger partial charge < -0.3 is 10.0 Å². The normalized spacial score (nSPS) is 17.4. The number of thioether (sulfide) groups is 1. The minimum Gasteiger partial charge on any atom is -0.508 e. The third-order valence-corrected chi connectivity index (χ3v) is 7.28. The van der Waals surface area contributed by atoms with Crippen LogP contribution in [0.15, 0.2) is 97.3 Å². The summed E-state index contributed by atoms with van der Waals surface area (Å²) in [6.45, 7) is 0. The van der Waals surface area contributed by atoms with Gasteiger partial charge in [0.1, 0.15) is 16.8 Å². The van der Waals surface area contributed by atoms with Crippen LogP contribution in [0.3, 0.4) is 0 Å². The molecule has 0 spiro atoms. The molecule has 1 aliphatic rings. The average molecular weight is 471 g/mol. The summed E-state index contributed by atoms with van der Waals surface area (Å²) in [4.78, 5) is 19.3. The highest BCUT2D eigenvalue weighted by Crippen LogP contribution is 2.45. The molecule has 0 radical (unpaired) electrons. The number of phenols is 1. The maximum absolute atomic E-state index is 13.3. The lowest BCUT2D eigenvalue weighted by Crippen LogP contribution is -2.57. The van der Waals surface area contributed by atoms with Gasteiger partial charge in [0, 0.05) is 18.1 Å². The first-order valence-corrected chi connectivity index (χ1v) is 12.1. The van der Waals surface area contributed by atoms with Gasteiger partial charge >= 0.3 is 0 Å². The number of carbonyl (C=O) groups excluding carboxylic acids is 1. The highest BCUT2D eigenvalue weighted by molar-refractivity contribution is 8.00. The molecule has 1 saturated heterocycles. The van der Waals surface area contributed by atoms with Crippen LogP contribution in [0.2, 0.25) is 0 Å². The first-order chi connectivity index (χ1) is 16.6. The molecule has 0 saturated carbocycles. The van der Waals surface area contributed by atoms with Gasteiger partial charge in [0.05, 0.1) is 6.04 Å². The molecule has 0 bridgehead atoms. The van der Waals surface area contributed by atoms with Crippen LogP contribution in [0.25, 0.3) is 11.1 Å². The van der Waals surface area contributed by atoms with E-state index in [4.69, 9.17) is 0 Å². The van der Waals surface area contributed by atoms with Crippen molar-refractivity contribution in [3.63, 3.8) is 0 Å². The summed E-state index contributed by atoms with van der Waals surface area (Å²) in [5, 5.41) is 9.52. The van der Waals surface area contributed by atoms with Gasteiger partial charge in [-0.05, 0) is 76.9 Å². The summed E-state index contributed by atoms with van der Waals surface area (Å²) in [5.41, 5.74) is 4.92. The summed E-state index contributed by atoms with van der Waals surface area (Å²) < 4.78 is 13.2. The summed E-state index contributed by atoms with van der Waals surface area (Å²) in [7, 11) is 0. The second kappa shape index (κ2) is 9.69. The SMILES string of the molecule is O=C1[C@H](SCCc2ccc(F)cc2)[C@@H](c2ccc(O)cc2)N1c1ccc(-c2cccnc2)cc1. The molecule has 2 atom stereocenters. The third-order valence-electron chi connectivity index (χ3n) is 6.02. The Morgan fingerprint density at radius 3 is 2.32 bits per heavy atom. The van der Waals surface area contributed by atoms with Crippen LogP contribution in [0.4, 0.5) is 10.1 Å². The second-order valence-corrected chi connectivity index (χ2v) is 9.45. The van der Waals surface area contributed by atoms with E-state index in [0.717, 1.165) is 40.1 Å². The summed E-state index contributed by atoms with van der Waals surface area (Å²) >= 11 is 1.62. The van der Waals surface area contributed by atoms with Crippen molar-refractivity contribution in [1.29, 1.82) is 0 Å². The Hall–Kier alpha value is -3.64. The number of hydrogen-bond acceptors (Lipinski definition) is 4. The molecule has 4 aromatic rings. The summed E-state index contributed by atoms with van der Waals surface area (Å²) in [6, 6.07) is 25.3. The van der Waals surface area contributed by atoms with Crippen LogP contribution in [0, 0.1) is 5.82 Å². The molecule has 1 fully saturated rings. The zero-order valence-corrected chi connectivity index (χ0v) is 19.2. The Morgan fingerprint density at radius 2 is 1.65 bits per heavy atom. The van der Waals surface area contributed by atoms with Crippen molar-refractivity contribution < 1.29 is 14.3 Å². The molecule has 1 aromatic heterocycles. The van der Waals surface area contributed by atoms with Crippen molar-refractivity contribution in [3.05, 3.63) is 114 Å². The number of rotatable bonds is 7. The molecular formula is C28H23FN2O2S. The molecule has 0 aliphatic carbocycles. The monoisotopic (exact) mass is 470 g/mol. The molecule has 170 valence electrons. The van der Waals surface area contributed by atoms with Crippen molar-refractivity contribution in [3.8, 4) is 16.9 Å². The standard InChI is InChI=1S/C28H23FN2O2S/c29-23-9-3-19(4-10-23)15-17-34-27-26(21-7-13-25(32)14-8-21)31(28(27)33)24-11-5-20(6-12-24)22-2-1-16-30-18-22/h1-14,16,18,26-27,32H,15,17H2/t26-,27-/m1/s1. The van der Waals surface area contributed by atoms with Crippen molar-refractivity contribution in [2.75, 3.05) is 10.7 Å². The number of aromatic nitrogens is 1. The maximum atomic E-state index is 13.3. The lowest BCUT2D eigenvalue weighted by atomic mass is 9.92. The minimum absolute atomic E-state index is 0.0660. The lowest BCUT2D eigenvalue weighted by molar-refractivity contribution is -0.123. The van der Waals surface area contributed by atoms with Crippen molar-refractivity contribution in [2.45, 2.75) is 17.7 Å². The number of halogens is 1. The zero-order chi connectivity index (χ0) is 23.5. The number of nitrogens with zero attached hydrogens (tertiary/aromatic N) is 2. The largest absolute Gasteiger partial charge is 0.508 e. The molecule has 0 unspecified atom stereocenters. The average Bonchev–Trinajstić information content (AvgIpc) is 2.87. The fourth-order valence-electron chi connectivity index (χ4n) is 4.21. The molecule has 34 heavy (non-hydrogen) atoms. The number of β-lactam (4-membered cyclic amide) rings is 1. The van der Waals surface area contributed by atoms with Gasteiger partial charge in [0.2, 0.25) is 5.91 Å². The Bertz CT molecular complexity index is 1260. The number of pyridine rings is 1. The number of anilines is 1. The van der Waals surface area contributed by atoms with E-state index < -0.39 is 0 Å². The van der Waals surface area contributed by atoms with E-state index in [9.17, 15) is 14.3 Å². The van der Waals surface area contributed by atoms with Crippen LogP contribution in [0.1, 0.15) is 17.2 Å². The maximum Gasteiger partial charge on any atom is 0.243 e. The predicted octanol–water partition coefficient (Wildman–Crippen LogP) is 6.03. The number of phenolic OH excluding ortho intramolecular Hbond substituents is 1. The smallest absolute Gasteiger partial charge is 0.243 e. The number of aromatic hydroxyl groups is 1. The quantitative estimate of drug-likeness (QED) is 0.335. The molecular weight excluding hydrogens is 447 g/mol. The number of benzene rings is 3. The fraction of sp³-hybridized carbons (Fsp3) is 0.143. The topological polar surface area (TPSA) is 53.4 Å². The zero-order valence-electron chi connectivity index (χ0n) is 18.3. The van der Waals surface area contributed by atoms with Gasteiger partial charge in [0.25, 0.3) is 0 Å². The second-order valence-electron chi connectivity index (χ2n) is 8.20. The van der Waals surface area contributed by atoms with Crippen LogP contribution in [0.5, 0.6) is 5.75 Å². The molecule has 2 heterocycles. The van der Waals surface area contributed by atoms with E-state index in [2.05, 4.69) is 4.98 Å². The first-order valence-electron chi connectivity index (χ1n) is 11.1. The molecule has 4 nitrogen and oxygen atoms in total. The van der Waals surface area contributed by atoms with E-state index in [-0.39, 0.29) is 28.8 Å². The summed E-state index contributed by atoms with van der Waals surface area (Å²) in [6.07, 6.45) is 4.32. The van der Waals surface area contributed by atoms with Crippen molar-refractivity contribution in [2.24, 2.45) is 0 Å². The van der Waals surface area contributed by atoms with Crippen molar-refractivity contribution in [1.82, 2.24) is 4.98 Å². The molecule has 3 aromatic carbocycles. The van der Waals surface area contributed by atoms with Crippen LogP contribution in [-0.4, -0.2) is 27.0 Å². The number of amides is 1. The number of aryl methyl sites for hydroxylation is 1. The highest BCUT2D eigenvalue weighted by Gasteiger charge is 2.49. The first kappa shape index (κ1) is 22.2. The number of carbonyl (C=O) groups is 1. The van der Waals surface area contributed by atoms with Gasteiger partial charge in [-0.2, -0.15) is 0 Å². The summed E-state index contributed by atoms with van der Waals surface area (Å²) in [5.74, 6) is 0.770. The van der Waals surface area contributed by atoms with Gasteiger partial charge in [0.15, 0.2) is 0 Å². The van der Waals surface area contributed by atoms with Gasteiger partial charge in [-0.1, -0.05) is 42.5 Å². The van der Waals surface area contributed by atoms with Crippen LogP contribution in [-0.2, 0) is 11.2 Å². The molecule has 6 heteroatoms. The van der Waals surface area contributed by atoms with Gasteiger partial charge in [-0.3, -0.25) is 9.78 Å². The van der Waals surface area contributed by atoms with E-state index >= 15 is 0 Å². The van der Waals surface area contributed by atoms with E-state index in [1.54, 1.807) is 42.2 Å². The van der Waals surface area contributed by atoms with E-state index in [1.807, 2.05) is 59.6 Å². The molecule has 1 aliphatic heterocycles. The minimum atomic E-state index is -0.247. The predicted molar refractivity (Wildman–Crippen MR) is 134 cm³/mol. The van der Waals surface area contributed by atoms with Crippen LogP contribution >= 0.6 is 11.8 Å². The third kappa shape index (κ3) is 4.54. The fourth-order valence-corrected chi connectivity index (χ4v) is 5.54. The van der Waals surface area contributed by atoms with E-state index in [0.29, 0.717) is 0 Å². The Morgan fingerprint density at radius 1 is 0.912 bits per heavy atom.